The van der Waals surface area contributed by atoms with E-state index in [-0.39, 0.29) is 5.92 Å². The Morgan fingerprint density at radius 2 is 1.21 bits per heavy atom. The molecule has 0 spiro atoms. The van der Waals surface area contributed by atoms with Gasteiger partial charge in [0.05, 0.1) is 10.4 Å². The highest BCUT2D eigenvalue weighted by atomic mass is 31.1. The van der Waals surface area contributed by atoms with Gasteiger partial charge < -0.3 is 5.11 Å². The molecule has 169 valence electrons. The van der Waals surface area contributed by atoms with Crippen LogP contribution in [-0.4, -0.2) is 22.5 Å². The molecule has 1 aliphatic rings. The largest absolute Gasteiger partial charge is 0.478 e. The average molecular weight is 464 g/mol. The highest BCUT2D eigenvalue weighted by Crippen LogP contribution is 2.67. The van der Waals surface area contributed by atoms with E-state index >= 15 is 0 Å². The van der Waals surface area contributed by atoms with Gasteiger partial charge >= 0.3 is 5.97 Å². The first-order valence-electron chi connectivity index (χ1n) is 11.8. The maximum absolute atomic E-state index is 12.9. The molecule has 1 aliphatic heterocycles. The lowest BCUT2D eigenvalue weighted by Crippen LogP contribution is -2.31. The van der Waals surface area contributed by atoms with E-state index in [4.69, 9.17) is 0 Å². The van der Waals surface area contributed by atoms with E-state index in [0.717, 1.165) is 18.1 Å². The number of aliphatic carboxylic acids is 1. The number of carbonyl (C=O) groups is 1. The molecule has 0 saturated carbocycles. The zero-order valence-electron chi connectivity index (χ0n) is 19.0. The van der Waals surface area contributed by atoms with Crippen LogP contribution in [-0.2, 0) is 16.4 Å². The van der Waals surface area contributed by atoms with Crippen LogP contribution in [0.25, 0.3) is 0 Å². The minimum atomic E-state index is -1.02. The van der Waals surface area contributed by atoms with Gasteiger partial charge in [-0.2, -0.15) is 0 Å². The predicted molar refractivity (Wildman–Crippen MR) is 142 cm³/mol. The number of benzene rings is 4. The van der Waals surface area contributed by atoms with Gasteiger partial charge in [-0.1, -0.05) is 121 Å². The van der Waals surface area contributed by atoms with E-state index < -0.39 is 18.7 Å². The third-order valence-electron chi connectivity index (χ3n) is 6.99. The van der Waals surface area contributed by atoms with Crippen LogP contribution < -0.4 is 0 Å². The lowest BCUT2D eigenvalue weighted by Gasteiger charge is -2.40. The van der Waals surface area contributed by atoms with Crippen LogP contribution in [0.3, 0.4) is 0 Å². The maximum atomic E-state index is 12.9. The van der Waals surface area contributed by atoms with E-state index in [9.17, 15) is 9.90 Å². The maximum Gasteiger partial charge on any atom is 0.335 e. The Kier molecular flexibility index (Phi) is 6.43. The standard InChI is InChI=1S/C31H28O2P/c32-30(33)29(23-24-13-5-1-6-14-24)34-22-21-28(25-15-7-2-8-16-25)31(34,26-17-9-3-10-18-26)27-19-11-4-12-20-27/h1-20,28H,21-23H2,(H,32,33). The molecule has 5 rings (SSSR count). The van der Waals surface area contributed by atoms with Crippen LogP contribution >= 0.6 is 7.55 Å². The fourth-order valence-corrected chi connectivity index (χ4v) is 9.36. The average Bonchev–Trinajstić information content (AvgIpc) is 3.30. The molecule has 4 aromatic rings. The summed E-state index contributed by atoms with van der Waals surface area (Å²) in [4.78, 5) is 12.9. The summed E-state index contributed by atoms with van der Waals surface area (Å²) in [6.07, 6.45) is 2.34. The van der Waals surface area contributed by atoms with Gasteiger partial charge in [0.15, 0.2) is 0 Å². The number of hydrogen-bond acceptors (Lipinski definition) is 1. The van der Waals surface area contributed by atoms with Crippen LogP contribution in [0.15, 0.2) is 121 Å². The smallest absolute Gasteiger partial charge is 0.335 e. The van der Waals surface area contributed by atoms with Crippen molar-refractivity contribution in [3.8, 4) is 0 Å². The van der Waals surface area contributed by atoms with Crippen molar-refractivity contribution in [2.75, 3.05) is 6.16 Å². The zero-order valence-corrected chi connectivity index (χ0v) is 19.9. The summed E-state index contributed by atoms with van der Waals surface area (Å²) in [7, 11) is -1.02. The molecule has 1 N–H and O–H groups in total. The lowest BCUT2D eigenvalue weighted by atomic mass is 9.75. The molecule has 1 radical (unpaired) electrons. The Bertz CT molecular complexity index is 1240. The quantitative estimate of drug-likeness (QED) is 0.310. The fraction of sp³-hybridized carbons (Fsp3) is 0.161. The summed E-state index contributed by atoms with van der Waals surface area (Å²) in [5.41, 5.74) is 4.76. The minimum Gasteiger partial charge on any atom is -0.478 e. The molecule has 2 unspecified atom stereocenters. The molecule has 0 aromatic heterocycles. The van der Waals surface area contributed by atoms with E-state index in [1.807, 2.05) is 42.5 Å². The number of rotatable bonds is 6. The monoisotopic (exact) mass is 463 g/mol. The zero-order chi connectivity index (χ0) is 23.4. The van der Waals surface area contributed by atoms with Crippen LogP contribution in [0.4, 0.5) is 0 Å². The number of hydrogen-bond donors (Lipinski definition) is 1. The Morgan fingerprint density at radius 1 is 0.735 bits per heavy atom. The van der Waals surface area contributed by atoms with Gasteiger partial charge in [-0.05, 0) is 34.8 Å². The minimum absolute atomic E-state index is 0.203. The third-order valence-corrected chi connectivity index (χ3v) is 10.4. The van der Waals surface area contributed by atoms with Gasteiger partial charge in [-0.25, -0.2) is 4.79 Å². The molecule has 0 aliphatic carbocycles. The highest BCUT2D eigenvalue weighted by molar-refractivity contribution is 7.62. The van der Waals surface area contributed by atoms with Gasteiger partial charge in [0.2, 0.25) is 0 Å². The van der Waals surface area contributed by atoms with Crippen LogP contribution in [0, 0.1) is 0 Å². The molecular weight excluding hydrogens is 435 g/mol. The van der Waals surface area contributed by atoms with Crippen molar-refractivity contribution < 1.29 is 9.90 Å². The van der Waals surface area contributed by atoms with Crippen molar-refractivity contribution in [1.82, 2.24) is 0 Å². The van der Waals surface area contributed by atoms with Crippen molar-refractivity contribution in [3.63, 3.8) is 0 Å². The summed E-state index contributed by atoms with van der Waals surface area (Å²) in [5.74, 6) is -0.561. The Balaban J connectivity index is 1.83. The second-order valence-electron chi connectivity index (χ2n) is 8.82. The molecule has 4 aromatic carbocycles. The molecule has 1 heterocycles. The van der Waals surface area contributed by atoms with Crippen molar-refractivity contribution >= 4 is 18.8 Å². The first-order chi connectivity index (χ1) is 16.7. The van der Waals surface area contributed by atoms with E-state index in [0.29, 0.717) is 11.7 Å². The van der Waals surface area contributed by atoms with Gasteiger partial charge in [0, 0.05) is 12.3 Å². The fourth-order valence-electron chi connectivity index (χ4n) is 5.61. The summed E-state index contributed by atoms with van der Waals surface area (Å²) in [5, 5.41) is 10.8. The Hall–Kier alpha value is -3.48. The Labute approximate surface area is 202 Å². The van der Waals surface area contributed by atoms with Crippen LogP contribution in [0.1, 0.15) is 34.6 Å². The van der Waals surface area contributed by atoms with Gasteiger partial charge in [0.1, 0.15) is 0 Å². The number of carboxylic acids is 1. The lowest BCUT2D eigenvalue weighted by molar-refractivity contribution is -0.129. The molecular formula is C31H28O2P. The first kappa shape index (κ1) is 22.3. The summed E-state index contributed by atoms with van der Waals surface area (Å²) in [6.45, 7) is 0. The van der Waals surface area contributed by atoms with Crippen LogP contribution in [0.2, 0.25) is 0 Å². The first-order valence-corrected chi connectivity index (χ1v) is 13.3. The molecule has 3 heteroatoms. The van der Waals surface area contributed by atoms with Gasteiger partial charge in [-0.3, -0.25) is 0 Å². The molecule has 0 amide bonds. The van der Waals surface area contributed by atoms with Crippen molar-refractivity contribution in [2.45, 2.75) is 23.9 Å². The second kappa shape index (κ2) is 9.79. The molecule has 0 bridgehead atoms. The predicted octanol–water partition coefficient (Wildman–Crippen LogP) is 7.10. The molecule has 1 saturated heterocycles. The van der Waals surface area contributed by atoms with Gasteiger partial charge in [-0.15, -0.1) is 7.55 Å². The third kappa shape index (κ3) is 4.00. The van der Waals surface area contributed by atoms with Crippen molar-refractivity contribution in [2.24, 2.45) is 0 Å². The summed E-state index contributed by atoms with van der Waals surface area (Å²) in [6, 6.07) is 42.0. The number of carboxylic acid groups (broad SMARTS) is 1. The van der Waals surface area contributed by atoms with Crippen LogP contribution in [0.5, 0.6) is 0 Å². The summed E-state index contributed by atoms with van der Waals surface area (Å²) < 4.78 is 0. The van der Waals surface area contributed by atoms with Crippen molar-refractivity contribution in [3.05, 3.63) is 144 Å². The summed E-state index contributed by atoms with van der Waals surface area (Å²) >= 11 is 0. The molecule has 2 nitrogen and oxygen atoms in total. The van der Waals surface area contributed by atoms with E-state index in [2.05, 4.69) is 78.9 Å². The topological polar surface area (TPSA) is 37.3 Å². The molecule has 34 heavy (non-hydrogen) atoms. The SMILES string of the molecule is O=C(O)C(Cc1ccccc1)=[P]1CCC(c2ccccc2)C1(c1ccccc1)c1ccccc1. The van der Waals surface area contributed by atoms with Crippen molar-refractivity contribution in [1.29, 1.82) is 0 Å². The normalized spacial score (nSPS) is 18.4. The molecule has 1 fully saturated rings. The molecule has 2 atom stereocenters. The highest BCUT2D eigenvalue weighted by Gasteiger charge is 2.51. The Morgan fingerprint density at radius 3 is 1.71 bits per heavy atom. The van der Waals surface area contributed by atoms with E-state index in [1.165, 1.54) is 16.7 Å². The second-order valence-corrected chi connectivity index (χ2v) is 11.4. The van der Waals surface area contributed by atoms with E-state index in [1.54, 1.807) is 0 Å². The van der Waals surface area contributed by atoms with Gasteiger partial charge in [0.25, 0.3) is 0 Å².